The molecule has 136 valence electrons. The van der Waals surface area contributed by atoms with Gasteiger partial charge in [-0.05, 0) is 36.0 Å². The lowest BCUT2D eigenvalue weighted by molar-refractivity contribution is -0.172. The van der Waals surface area contributed by atoms with Crippen molar-refractivity contribution in [3.05, 3.63) is 12.2 Å². The number of carbonyl (C=O) groups is 2. The maximum absolute atomic E-state index is 12.9. The summed E-state index contributed by atoms with van der Waals surface area (Å²) in [4.78, 5) is 25.6. The molecular weight excluding hydrogens is 304 g/mol. The fourth-order valence-corrected chi connectivity index (χ4v) is 3.61. The topological polar surface area (TPSA) is 52.6 Å². The molecule has 4 atom stereocenters. The van der Waals surface area contributed by atoms with E-state index in [1.165, 1.54) is 0 Å². The summed E-state index contributed by atoms with van der Waals surface area (Å²) in [5, 5.41) is 0. The summed E-state index contributed by atoms with van der Waals surface area (Å²) in [6.07, 6.45) is 4.96. The Morgan fingerprint density at radius 2 is 1.54 bits per heavy atom. The Balaban J connectivity index is 2.15. The van der Waals surface area contributed by atoms with Crippen molar-refractivity contribution in [1.29, 1.82) is 0 Å². The molecule has 0 radical (unpaired) electrons. The molecule has 0 amide bonds. The maximum Gasteiger partial charge on any atom is 0.313 e. The Morgan fingerprint density at radius 3 is 2.08 bits per heavy atom. The minimum Gasteiger partial charge on any atom is -0.465 e. The number of hydrogen-bond acceptors (Lipinski definition) is 4. The van der Waals surface area contributed by atoms with Gasteiger partial charge in [-0.25, -0.2) is 0 Å². The summed E-state index contributed by atoms with van der Waals surface area (Å²) in [5.41, 5.74) is -1.01. The van der Waals surface area contributed by atoms with Gasteiger partial charge in [-0.1, -0.05) is 53.7 Å². The lowest BCUT2D eigenvalue weighted by atomic mass is 9.69. The number of esters is 2. The van der Waals surface area contributed by atoms with Crippen molar-refractivity contribution in [3.8, 4) is 0 Å². The second-order valence-electron chi connectivity index (χ2n) is 9.96. The summed E-state index contributed by atoms with van der Waals surface area (Å²) < 4.78 is 11.1. The van der Waals surface area contributed by atoms with E-state index in [1.807, 2.05) is 48.5 Å². The Kier molecular flexibility index (Phi) is 4.91. The van der Waals surface area contributed by atoms with E-state index < -0.39 is 11.3 Å². The van der Waals surface area contributed by atoms with E-state index >= 15 is 0 Å². The van der Waals surface area contributed by atoms with Gasteiger partial charge in [-0.2, -0.15) is 0 Å². The molecule has 0 aromatic rings. The lowest BCUT2D eigenvalue weighted by Gasteiger charge is -2.36. The van der Waals surface area contributed by atoms with Crippen LogP contribution in [0.1, 0.15) is 54.9 Å². The minimum atomic E-state index is -0.820. The molecule has 2 bridgehead atoms. The quantitative estimate of drug-likeness (QED) is 0.575. The van der Waals surface area contributed by atoms with Crippen molar-refractivity contribution >= 4 is 11.9 Å². The van der Waals surface area contributed by atoms with E-state index in [4.69, 9.17) is 9.47 Å². The van der Waals surface area contributed by atoms with Crippen LogP contribution in [0, 0.1) is 34.0 Å². The van der Waals surface area contributed by atoms with Gasteiger partial charge in [0.15, 0.2) is 0 Å². The molecule has 2 aliphatic carbocycles. The average molecular weight is 336 g/mol. The molecule has 1 fully saturated rings. The van der Waals surface area contributed by atoms with Gasteiger partial charge in [0, 0.05) is 0 Å². The van der Waals surface area contributed by atoms with Gasteiger partial charge in [0.25, 0.3) is 0 Å². The third-order valence-corrected chi connectivity index (χ3v) is 4.94. The first-order valence-corrected chi connectivity index (χ1v) is 8.87. The Morgan fingerprint density at radius 1 is 1.00 bits per heavy atom. The van der Waals surface area contributed by atoms with Gasteiger partial charge in [0.05, 0.1) is 24.5 Å². The normalized spacial score (nSPS) is 32.0. The lowest BCUT2D eigenvalue weighted by Crippen LogP contribution is -2.45. The summed E-state index contributed by atoms with van der Waals surface area (Å²) >= 11 is 0. The molecule has 0 spiro atoms. The molecule has 1 saturated carbocycles. The molecule has 2 aliphatic rings. The largest absolute Gasteiger partial charge is 0.465 e. The minimum absolute atomic E-state index is 0.0576. The number of carbonyl (C=O) groups excluding carboxylic acids is 2. The molecule has 0 heterocycles. The van der Waals surface area contributed by atoms with Gasteiger partial charge in [-0.3, -0.25) is 9.59 Å². The third-order valence-electron chi connectivity index (χ3n) is 4.94. The van der Waals surface area contributed by atoms with E-state index in [9.17, 15) is 9.59 Å². The first-order valence-electron chi connectivity index (χ1n) is 8.87. The van der Waals surface area contributed by atoms with Crippen molar-refractivity contribution in [2.45, 2.75) is 54.9 Å². The van der Waals surface area contributed by atoms with Crippen molar-refractivity contribution in [2.75, 3.05) is 13.2 Å². The molecule has 0 aliphatic heterocycles. The van der Waals surface area contributed by atoms with Crippen LogP contribution in [0.2, 0.25) is 0 Å². The van der Waals surface area contributed by atoms with Crippen molar-refractivity contribution in [1.82, 2.24) is 0 Å². The van der Waals surface area contributed by atoms with E-state index in [0.29, 0.717) is 13.2 Å². The highest BCUT2D eigenvalue weighted by atomic mass is 16.5. The molecular formula is C20H32O4. The number of hydrogen-bond donors (Lipinski definition) is 0. The predicted molar refractivity (Wildman–Crippen MR) is 93.2 cm³/mol. The summed E-state index contributed by atoms with van der Waals surface area (Å²) in [6.45, 7) is 14.7. The van der Waals surface area contributed by atoms with Crippen LogP contribution >= 0.6 is 0 Å². The van der Waals surface area contributed by atoms with Gasteiger partial charge in [0.1, 0.15) is 0 Å². The second-order valence-corrected chi connectivity index (χ2v) is 9.96. The molecule has 24 heavy (non-hydrogen) atoms. The van der Waals surface area contributed by atoms with E-state index in [2.05, 4.69) is 12.2 Å². The van der Waals surface area contributed by atoms with Gasteiger partial charge in [0.2, 0.25) is 0 Å². The zero-order chi connectivity index (χ0) is 18.3. The smallest absolute Gasteiger partial charge is 0.313 e. The van der Waals surface area contributed by atoms with Crippen LogP contribution in [0.3, 0.4) is 0 Å². The molecule has 0 aromatic heterocycles. The fraction of sp³-hybridized carbons (Fsp3) is 0.800. The van der Waals surface area contributed by atoms with E-state index in [-0.39, 0.29) is 34.6 Å². The molecule has 0 aromatic carbocycles. The van der Waals surface area contributed by atoms with Gasteiger partial charge < -0.3 is 9.47 Å². The Labute approximate surface area is 146 Å². The van der Waals surface area contributed by atoms with Crippen LogP contribution in [0.4, 0.5) is 0 Å². The zero-order valence-electron chi connectivity index (χ0n) is 16.1. The number of allylic oxidation sites excluding steroid dienone is 2. The highest BCUT2D eigenvalue weighted by Gasteiger charge is 2.62. The maximum atomic E-state index is 12.9. The third kappa shape index (κ3) is 3.84. The van der Waals surface area contributed by atoms with Crippen LogP contribution < -0.4 is 0 Å². The molecule has 0 saturated heterocycles. The molecule has 2 rings (SSSR count). The standard InChI is InChI=1S/C20H32O4/c1-18(2,3)11-23-16(21)15-13-8-9-14(10-13)20(15,7)17(22)24-12-19(4,5)6/h8-9,13-15H,10-12H2,1-7H3. The molecule has 4 nitrogen and oxygen atoms in total. The first kappa shape index (κ1) is 19.0. The highest BCUT2D eigenvalue weighted by molar-refractivity contribution is 5.87. The number of ether oxygens (including phenoxy) is 2. The second kappa shape index (κ2) is 6.20. The van der Waals surface area contributed by atoms with Crippen LogP contribution in [-0.4, -0.2) is 25.2 Å². The van der Waals surface area contributed by atoms with Crippen molar-refractivity contribution < 1.29 is 19.1 Å². The fourth-order valence-electron chi connectivity index (χ4n) is 3.61. The number of fused-ring (bicyclic) bond motifs is 2. The molecule has 4 heteroatoms. The SMILES string of the molecule is CC(C)(C)COC(=O)C1C2C=CC(C2)C1(C)C(=O)OCC(C)(C)C. The summed E-state index contributed by atoms with van der Waals surface area (Å²) in [5.74, 6) is -0.844. The monoisotopic (exact) mass is 336 g/mol. The summed E-state index contributed by atoms with van der Waals surface area (Å²) in [6, 6.07) is 0. The zero-order valence-corrected chi connectivity index (χ0v) is 16.1. The van der Waals surface area contributed by atoms with Crippen LogP contribution in [0.25, 0.3) is 0 Å². The molecule has 4 unspecified atom stereocenters. The van der Waals surface area contributed by atoms with Crippen molar-refractivity contribution in [3.63, 3.8) is 0 Å². The highest BCUT2D eigenvalue weighted by Crippen LogP contribution is 2.57. The summed E-state index contributed by atoms with van der Waals surface area (Å²) in [7, 11) is 0. The predicted octanol–water partition coefficient (Wildman–Crippen LogP) is 3.99. The Bertz CT molecular complexity index is 535. The van der Waals surface area contributed by atoms with Crippen molar-refractivity contribution in [2.24, 2.45) is 34.0 Å². The Hall–Kier alpha value is -1.32. The number of rotatable bonds is 4. The van der Waals surface area contributed by atoms with Gasteiger partial charge in [-0.15, -0.1) is 0 Å². The van der Waals surface area contributed by atoms with Crippen LogP contribution in [0.5, 0.6) is 0 Å². The van der Waals surface area contributed by atoms with Gasteiger partial charge >= 0.3 is 11.9 Å². The van der Waals surface area contributed by atoms with E-state index in [0.717, 1.165) is 6.42 Å². The van der Waals surface area contributed by atoms with E-state index in [1.54, 1.807) is 0 Å². The average Bonchev–Trinajstić information content (AvgIpc) is 3.00. The molecule has 0 N–H and O–H groups in total. The first-order chi connectivity index (χ1) is 10.8. The van der Waals surface area contributed by atoms with Crippen LogP contribution in [-0.2, 0) is 19.1 Å². The van der Waals surface area contributed by atoms with Crippen LogP contribution in [0.15, 0.2) is 12.2 Å².